The van der Waals surface area contributed by atoms with Crippen LogP contribution in [0.3, 0.4) is 0 Å². The van der Waals surface area contributed by atoms with Gasteiger partial charge in [0.15, 0.2) is 0 Å². The topological polar surface area (TPSA) is 83.5 Å². The monoisotopic (exact) mass is 331 g/mol. The quantitative estimate of drug-likeness (QED) is 0.901. The van der Waals surface area contributed by atoms with E-state index in [1.165, 1.54) is 28.8 Å². The fourth-order valence-corrected chi connectivity index (χ4v) is 4.03. The van der Waals surface area contributed by atoms with Crippen LogP contribution in [-0.4, -0.2) is 19.5 Å². The number of aromatic carboxylic acids is 1. The Bertz CT molecular complexity index is 754. The van der Waals surface area contributed by atoms with E-state index in [9.17, 15) is 18.3 Å². The molecule has 2 N–H and O–H groups in total. The van der Waals surface area contributed by atoms with Gasteiger partial charge < -0.3 is 5.11 Å². The predicted molar refractivity (Wildman–Crippen MR) is 78.3 cm³/mol. The molecule has 0 aliphatic heterocycles. The van der Waals surface area contributed by atoms with E-state index in [0.29, 0.717) is 5.56 Å². The highest BCUT2D eigenvalue weighted by Gasteiger charge is 2.22. The number of carboxylic acid groups (broad SMARTS) is 1. The number of benzene rings is 1. The summed E-state index contributed by atoms with van der Waals surface area (Å²) in [6, 6.07) is 4.41. The Morgan fingerprint density at radius 3 is 2.60 bits per heavy atom. The second-order valence-electron chi connectivity index (χ2n) is 3.98. The first-order chi connectivity index (χ1) is 9.33. The van der Waals surface area contributed by atoms with E-state index in [0.717, 1.165) is 0 Å². The molecule has 0 saturated carbocycles. The highest BCUT2D eigenvalue weighted by Crippen LogP contribution is 2.30. The Kier molecular flexibility index (Phi) is 4.03. The molecule has 2 rings (SSSR count). The summed E-state index contributed by atoms with van der Waals surface area (Å²) in [4.78, 5) is 11.3. The molecule has 5 nitrogen and oxygen atoms in total. The molecule has 0 saturated heterocycles. The van der Waals surface area contributed by atoms with Gasteiger partial charge in [0, 0.05) is 5.38 Å². The van der Waals surface area contributed by atoms with Gasteiger partial charge in [0.1, 0.15) is 5.56 Å². The third-order valence-corrected chi connectivity index (χ3v) is 5.11. The Balaban J connectivity index is 2.55. The molecule has 0 amide bonds. The Morgan fingerprint density at radius 2 is 2.05 bits per heavy atom. The number of rotatable bonds is 4. The van der Waals surface area contributed by atoms with Crippen molar-refractivity contribution in [3.8, 4) is 0 Å². The number of hydrogen-bond donors (Lipinski definition) is 2. The molecule has 0 radical (unpaired) electrons. The molecule has 1 aromatic carbocycles. The molecule has 2 aromatic rings. The molecule has 1 heterocycles. The number of sulfonamides is 1. The Labute approximate surface area is 124 Å². The van der Waals surface area contributed by atoms with Crippen LogP contribution in [0.5, 0.6) is 0 Å². The van der Waals surface area contributed by atoms with Gasteiger partial charge >= 0.3 is 5.97 Å². The lowest BCUT2D eigenvalue weighted by atomic mass is 10.1. The lowest BCUT2D eigenvalue weighted by Gasteiger charge is -2.13. The largest absolute Gasteiger partial charge is 0.478 e. The van der Waals surface area contributed by atoms with Crippen LogP contribution in [-0.2, 0) is 10.0 Å². The molecule has 0 aliphatic rings. The van der Waals surface area contributed by atoms with Crippen molar-refractivity contribution < 1.29 is 18.3 Å². The number of thiophene rings is 1. The van der Waals surface area contributed by atoms with Crippen LogP contribution in [0.15, 0.2) is 33.9 Å². The fraction of sp³-hybridized carbons (Fsp3) is 0.0833. The summed E-state index contributed by atoms with van der Waals surface area (Å²) >= 11 is 7.07. The van der Waals surface area contributed by atoms with Crippen LogP contribution in [0.1, 0.15) is 15.9 Å². The fourth-order valence-electron chi connectivity index (χ4n) is 1.62. The molecule has 20 heavy (non-hydrogen) atoms. The highest BCUT2D eigenvalue weighted by atomic mass is 35.5. The van der Waals surface area contributed by atoms with E-state index in [-0.39, 0.29) is 21.2 Å². The van der Waals surface area contributed by atoms with Gasteiger partial charge in [-0.1, -0.05) is 17.7 Å². The maximum Gasteiger partial charge on any atom is 0.339 e. The number of anilines is 1. The van der Waals surface area contributed by atoms with Gasteiger partial charge in [0.25, 0.3) is 10.0 Å². The standard InChI is InChI=1S/C12H10ClNO4S2/c1-7-2-3-9(13)10(12(15)16)11(7)14-20(17,18)8-4-5-19-6-8/h2-6,14H,1H3,(H,15,16). The average molecular weight is 332 g/mol. The molecular formula is C12H10ClNO4S2. The minimum atomic E-state index is -3.83. The zero-order valence-electron chi connectivity index (χ0n) is 10.3. The van der Waals surface area contributed by atoms with Crippen molar-refractivity contribution in [2.24, 2.45) is 0 Å². The van der Waals surface area contributed by atoms with Gasteiger partial charge in [0.05, 0.1) is 15.6 Å². The Morgan fingerprint density at radius 1 is 1.35 bits per heavy atom. The van der Waals surface area contributed by atoms with Crippen molar-refractivity contribution in [3.63, 3.8) is 0 Å². The van der Waals surface area contributed by atoms with Crippen LogP contribution in [0, 0.1) is 6.92 Å². The predicted octanol–water partition coefficient (Wildman–Crippen LogP) is 3.21. The van der Waals surface area contributed by atoms with Crippen LogP contribution < -0.4 is 4.72 Å². The van der Waals surface area contributed by atoms with Gasteiger partial charge in [0.2, 0.25) is 0 Å². The highest BCUT2D eigenvalue weighted by molar-refractivity contribution is 7.92. The van der Waals surface area contributed by atoms with Crippen molar-refractivity contribution in [1.29, 1.82) is 0 Å². The zero-order valence-corrected chi connectivity index (χ0v) is 12.6. The number of carbonyl (C=O) groups is 1. The summed E-state index contributed by atoms with van der Waals surface area (Å²) in [5.74, 6) is -1.29. The van der Waals surface area contributed by atoms with Crippen LogP contribution in [0.4, 0.5) is 5.69 Å². The first kappa shape index (κ1) is 14.8. The summed E-state index contributed by atoms with van der Waals surface area (Å²) < 4.78 is 26.6. The average Bonchev–Trinajstić information content (AvgIpc) is 2.87. The van der Waals surface area contributed by atoms with Crippen molar-refractivity contribution in [1.82, 2.24) is 0 Å². The molecule has 106 valence electrons. The number of halogens is 1. The lowest BCUT2D eigenvalue weighted by Crippen LogP contribution is -2.16. The van der Waals surface area contributed by atoms with E-state index >= 15 is 0 Å². The molecule has 0 spiro atoms. The van der Waals surface area contributed by atoms with Crippen LogP contribution in [0.25, 0.3) is 0 Å². The molecule has 0 unspecified atom stereocenters. The number of aryl methyl sites for hydroxylation is 1. The van der Waals surface area contributed by atoms with Gasteiger partial charge in [-0.05, 0) is 30.0 Å². The number of nitrogens with one attached hydrogen (secondary N) is 1. The second-order valence-corrected chi connectivity index (χ2v) is 6.85. The van der Waals surface area contributed by atoms with Gasteiger partial charge in [-0.25, -0.2) is 13.2 Å². The first-order valence-electron chi connectivity index (χ1n) is 5.40. The van der Waals surface area contributed by atoms with E-state index in [1.807, 2.05) is 0 Å². The van der Waals surface area contributed by atoms with Crippen molar-refractivity contribution >= 4 is 44.6 Å². The van der Waals surface area contributed by atoms with E-state index in [2.05, 4.69) is 4.72 Å². The summed E-state index contributed by atoms with van der Waals surface area (Å²) in [5.41, 5.74) is 0.201. The van der Waals surface area contributed by atoms with Gasteiger partial charge in [-0.2, -0.15) is 11.3 Å². The lowest BCUT2D eigenvalue weighted by molar-refractivity contribution is 0.0698. The molecule has 0 fully saturated rings. The summed E-state index contributed by atoms with van der Waals surface area (Å²) in [6.45, 7) is 1.61. The molecule has 0 atom stereocenters. The van der Waals surface area contributed by atoms with E-state index in [1.54, 1.807) is 18.4 Å². The maximum absolute atomic E-state index is 12.2. The van der Waals surface area contributed by atoms with Crippen LogP contribution >= 0.6 is 22.9 Å². The third-order valence-electron chi connectivity index (χ3n) is 2.62. The van der Waals surface area contributed by atoms with E-state index < -0.39 is 16.0 Å². The molecule has 1 aromatic heterocycles. The van der Waals surface area contributed by atoms with Crippen molar-refractivity contribution in [3.05, 3.63) is 45.1 Å². The van der Waals surface area contributed by atoms with Gasteiger partial charge in [-0.15, -0.1) is 0 Å². The smallest absolute Gasteiger partial charge is 0.339 e. The summed E-state index contributed by atoms with van der Waals surface area (Å²) in [5, 5.41) is 12.2. The Hall–Kier alpha value is -1.57. The molecule has 0 aliphatic carbocycles. The SMILES string of the molecule is Cc1ccc(Cl)c(C(=O)O)c1NS(=O)(=O)c1ccsc1. The minimum absolute atomic E-state index is 0.0174. The molecule has 8 heteroatoms. The minimum Gasteiger partial charge on any atom is -0.478 e. The number of carboxylic acids is 1. The van der Waals surface area contributed by atoms with Crippen molar-refractivity contribution in [2.45, 2.75) is 11.8 Å². The third kappa shape index (κ3) is 2.79. The first-order valence-corrected chi connectivity index (χ1v) is 8.21. The summed E-state index contributed by atoms with van der Waals surface area (Å²) in [6.07, 6.45) is 0. The van der Waals surface area contributed by atoms with Gasteiger partial charge in [-0.3, -0.25) is 4.72 Å². The zero-order chi connectivity index (χ0) is 14.9. The summed E-state index contributed by atoms with van der Waals surface area (Å²) in [7, 11) is -3.83. The number of hydrogen-bond acceptors (Lipinski definition) is 4. The van der Waals surface area contributed by atoms with Crippen molar-refractivity contribution in [2.75, 3.05) is 4.72 Å². The molecular weight excluding hydrogens is 322 g/mol. The second kappa shape index (κ2) is 5.43. The maximum atomic E-state index is 12.2. The van der Waals surface area contributed by atoms with E-state index in [4.69, 9.17) is 11.6 Å². The normalized spacial score (nSPS) is 11.3. The van der Waals surface area contributed by atoms with Crippen LogP contribution in [0.2, 0.25) is 5.02 Å². The molecule has 0 bridgehead atoms.